The maximum absolute atomic E-state index is 14.0. The van der Waals surface area contributed by atoms with Crippen molar-refractivity contribution < 1.29 is 9.18 Å². The van der Waals surface area contributed by atoms with E-state index in [4.69, 9.17) is 4.98 Å². The van der Waals surface area contributed by atoms with Gasteiger partial charge in [0.15, 0.2) is 5.65 Å². The van der Waals surface area contributed by atoms with Gasteiger partial charge in [0.1, 0.15) is 5.82 Å². The summed E-state index contributed by atoms with van der Waals surface area (Å²) in [5.74, 6) is -0.282. The predicted octanol–water partition coefficient (Wildman–Crippen LogP) is 3.73. The minimum Gasteiger partial charge on any atom is -0.348 e. The van der Waals surface area contributed by atoms with Crippen LogP contribution in [-0.4, -0.2) is 52.5 Å². The van der Waals surface area contributed by atoms with Gasteiger partial charge in [0.25, 0.3) is 5.91 Å². The molecule has 31 heavy (non-hydrogen) atoms. The molecule has 0 radical (unpaired) electrons. The topological polar surface area (TPSA) is 63.1 Å². The van der Waals surface area contributed by atoms with Crippen LogP contribution >= 0.6 is 0 Å². The summed E-state index contributed by atoms with van der Waals surface area (Å²) >= 11 is 0. The molecular weight excluding hydrogens is 393 g/mol. The highest BCUT2D eigenvalue weighted by molar-refractivity contribution is 5.96. The second-order valence-electron chi connectivity index (χ2n) is 7.66. The fraction of sp³-hybridized carbons (Fsp3) is 0.208. The first kappa shape index (κ1) is 20.7. The van der Waals surface area contributed by atoms with Crippen LogP contribution in [0.2, 0.25) is 0 Å². The Morgan fingerprint density at radius 3 is 2.48 bits per heavy atom. The van der Waals surface area contributed by atoms with Gasteiger partial charge < -0.3 is 14.8 Å². The smallest absolute Gasteiger partial charge is 0.287 e. The molecule has 2 aromatic carbocycles. The molecule has 0 saturated carbocycles. The third kappa shape index (κ3) is 4.32. The molecule has 1 N–H and O–H groups in total. The molecule has 4 rings (SSSR count). The molecule has 2 heterocycles. The van der Waals surface area contributed by atoms with Gasteiger partial charge in [-0.3, -0.25) is 4.79 Å². The Kier molecular flexibility index (Phi) is 5.77. The molecule has 0 aliphatic carbocycles. The Labute approximate surface area is 180 Å². The maximum atomic E-state index is 14.0. The summed E-state index contributed by atoms with van der Waals surface area (Å²) in [4.78, 5) is 24.0. The van der Waals surface area contributed by atoms with E-state index in [1.807, 2.05) is 61.5 Å². The maximum Gasteiger partial charge on any atom is 0.287 e. The highest BCUT2D eigenvalue weighted by atomic mass is 19.1. The largest absolute Gasteiger partial charge is 0.348 e. The van der Waals surface area contributed by atoms with Crippen LogP contribution < -0.4 is 5.32 Å². The van der Waals surface area contributed by atoms with Gasteiger partial charge in [0, 0.05) is 31.3 Å². The van der Waals surface area contributed by atoms with Crippen LogP contribution in [0.1, 0.15) is 10.6 Å². The molecule has 6 nitrogen and oxygen atoms in total. The highest BCUT2D eigenvalue weighted by Crippen LogP contribution is 2.33. The first-order valence-corrected chi connectivity index (χ1v) is 10.1. The third-order valence-electron chi connectivity index (χ3n) is 5.10. The number of halogens is 1. The number of fused-ring (bicyclic) bond motifs is 1. The molecular formula is C24H24FN5O. The van der Waals surface area contributed by atoms with E-state index in [9.17, 15) is 9.18 Å². The second kappa shape index (κ2) is 8.65. The van der Waals surface area contributed by atoms with Crippen molar-refractivity contribution in [2.24, 2.45) is 7.05 Å². The summed E-state index contributed by atoms with van der Waals surface area (Å²) in [5.41, 5.74) is 4.26. The van der Waals surface area contributed by atoms with Crippen molar-refractivity contribution in [2.45, 2.75) is 0 Å². The molecule has 0 saturated heterocycles. The summed E-state index contributed by atoms with van der Waals surface area (Å²) < 4.78 is 15.7. The van der Waals surface area contributed by atoms with Crippen molar-refractivity contribution in [1.82, 2.24) is 24.8 Å². The molecule has 1 amide bonds. The van der Waals surface area contributed by atoms with Crippen LogP contribution in [0, 0.1) is 5.82 Å². The second-order valence-corrected chi connectivity index (χ2v) is 7.66. The van der Waals surface area contributed by atoms with E-state index in [1.165, 1.54) is 12.1 Å². The van der Waals surface area contributed by atoms with Gasteiger partial charge >= 0.3 is 0 Å². The zero-order valence-corrected chi connectivity index (χ0v) is 17.8. The number of nitrogens with one attached hydrogen (secondary N) is 1. The number of imidazole rings is 1. The summed E-state index contributed by atoms with van der Waals surface area (Å²) in [6.07, 6.45) is 0. The van der Waals surface area contributed by atoms with Gasteiger partial charge in [-0.15, -0.1) is 0 Å². The minimum absolute atomic E-state index is 0.254. The van der Waals surface area contributed by atoms with E-state index >= 15 is 0 Å². The van der Waals surface area contributed by atoms with Gasteiger partial charge in [-0.25, -0.2) is 14.4 Å². The van der Waals surface area contributed by atoms with Gasteiger partial charge in [-0.2, -0.15) is 0 Å². The zero-order valence-electron chi connectivity index (χ0n) is 17.8. The highest BCUT2D eigenvalue weighted by Gasteiger charge is 2.19. The number of amides is 1. The quantitative estimate of drug-likeness (QED) is 0.519. The first-order chi connectivity index (χ1) is 14.9. The summed E-state index contributed by atoms with van der Waals surface area (Å²) in [6.45, 7) is 1.25. The lowest BCUT2D eigenvalue weighted by atomic mass is 9.99. The number of benzene rings is 2. The number of aromatic nitrogens is 3. The fourth-order valence-electron chi connectivity index (χ4n) is 3.48. The molecule has 158 valence electrons. The van der Waals surface area contributed by atoms with Gasteiger partial charge in [-0.1, -0.05) is 42.5 Å². The van der Waals surface area contributed by atoms with E-state index in [0.717, 1.165) is 17.7 Å². The lowest BCUT2D eigenvalue weighted by Crippen LogP contribution is -2.32. The van der Waals surface area contributed by atoms with Crippen LogP contribution in [0.4, 0.5) is 4.39 Å². The Morgan fingerprint density at radius 1 is 1.03 bits per heavy atom. The number of aryl methyl sites for hydroxylation is 1. The Bertz CT molecular complexity index is 1230. The third-order valence-corrected chi connectivity index (χ3v) is 5.10. The van der Waals surface area contributed by atoms with E-state index in [2.05, 4.69) is 10.3 Å². The lowest BCUT2D eigenvalue weighted by Gasteiger charge is -2.11. The van der Waals surface area contributed by atoms with E-state index < -0.39 is 0 Å². The van der Waals surface area contributed by atoms with E-state index in [0.29, 0.717) is 29.0 Å². The van der Waals surface area contributed by atoms with Gasteiger partial charge in [0.05, 0.1) is 11.2 Å². The van der Waals surface area contributed by atoms with Crippen molar-refractivity contribution in [2.75, 3.05) is 27.2 Å². The number of carbonyl (C=O) groups is 1. The van der Waals surface area contributed by atoms with Crippen molar-refractivity contribution in [3.63, 3.8) is 0 Å². The van der Waals surface area contributed by atoms with Crippen molar-refractivity contribution in [3.05, 3.63) is 72.3 Å². The molecule has 0 fully saturated rings. The molecule has 0 unspecified atom stereocenters. The molecule has 0 atom stereocenters. The first-order valence-electron chi connectivity index (χ1n) is 10.1. The van der Waals surface area contributed by atoms with E-state index in [-0.39, 0.29) is 17.5 Å². The number of rotatable bonds is 6. The Morgan fingerprint density at radius 2 is 1.77 bits per heavy atom. The summed E-state index contributed by atoms with van der Waals surface area (Å²) in [7, 11) is 5.68. The number of hydrogen-bond donors (Lipinski definition) is 1. The van der Waals surface area contributed by atoms with Crippen LogP contribution in [0.5, 0.6) is 0 Å². The molecule has 7 heteroatoms. The number of pyridine rings is 1. The van der Waals surface area contributed by atoms with Crippen LogP contribution in [0.15, 0.2) is 60.7 Å². The van der Waals surface area contributed by atoms with Crippen LogP contribution in [-0.2, 0) is 7.05 Å². The van der Waals surface area contributed by atoms with Gasteiger partial charge in [0.2, 0.25) is 5.82 Å². The molecule has 4 aromatic rings. The molecule has 2 aromatic heterocycles. The number of likely N-dealkylation sites (N-methyl/N-ethyl adjacent to an activating group) is 1. The lowest BCUT2D eigenvalue weighted by molar-refractivity contribution is 0.0938. The van der Waals surface area contributed by atoms with Crippen molar-refractivity contribution in [3.8, 4) is 22.4 Å². The SMILES string of the molecule is CN(C)CCNC(=O)c1nc2nc(-c3ccccc3)c(-c3cccc(F)c3)cc2n1C. The molecule has 0 aliphatic heterocycles. The normalized spacial score (nSPS) is 11.3. The van der Waals surface area contributed by atoms with Crippen molar-refractivity contribution >= 4 is 17.1 Å². The average molecular weight is 417 g/mol. The standard InChI is InChI=1S/C24H24FN5O/c1-29(2)13-12-26-24(31)23-28-22-20(30(23)3)15-19(17-10-7-11-18(25)14-17)21(27-22)16-8-5-4-6-9-16/h4-11,14-15H,12-13H2,1-3H3,(H,26,31). The number of hydrogen-bond acceptors (Lipinski definition) is 4. The average Bonchev–Trinajstić information content (AvgIpc) is 3.09. The minimum atomic E-state index is -0.317. The summed E-state index contributed by atoms with van der Waals surface area (Å²) in [5, 5.41) is 2.89. The molecule has 0 bridgehead atoms. The van der Waals surface area contributed by atoms with E-state index in [1.54, 1.807) is 17.7 Å². The summed E-state index contributed by atoms with van der Waals surface area (Å²) in [6, 6.07) is 18.0. The molecule has 0 spiro atoms. The van der Waals surface area contributed by atoms with Crippen LogP contribution in [0.3, 0.4) is 0 Å². The van der Waals surface area contributed by atoms with Crippen molar-refractivity contribution in [1.29, 1.82) is 0 Å². The monoisotopic (exact) mass is 417 g/mol. The Balaban J connectivity index is 1.84. The number of nitrogens with zero attached hydrogens (tertiary/aromatic N) is 4. The van der Waals surface area contributed by atoms with Crippen LogP contribution in [0.25, 0.3) is 33.5 Å². The predicted molar refractivity (Wildman–Crippen MR) is 120 cm³/mol. The van der Waals surface area contributed by atoms with Gasteiger partial charge in [-0.05, 0) is 37.9 Å². The number of carbonyl (C=O) groups excluding carboxylic acids is 1. The zero-order chi connectivity index (χ0) is 22.0. The molecule has 0 aliphatic rings. The fourth-order valence-corrected chi connectivity index (χ4v) is 3.48. The Hall–Kier alpha value is -3.58.